The number of nitrogens with zero attached hydrogens (tertiary/aromatic N) is 4. The van der Waals surface area contributed by atoms with Crippen LogP contribution in [0.15, 0.2) is 42.7 Å². The summed E-state index contributed by atoms with van der Waals surface area (Å²) in [7, 11) is 0. The fourth-order valence-electron chi connectivity index (χ4n) is 3.23. The van der Waals surface area contributed by atoms with Gasteiger partial charge < -0.3 is 5.32 Å². The van der Waals surface area contributed by atoms with E-state index in [-0.39, 0.29) is 10.6 Å². The Hall–Kier alpha value is -3.06. The maximum atomic E-state index is 11.2. The monoisotopic (exact) mass is 335 g/mol. The number of benzene rings is 1. The minimum Gasteiger partial charge on any atom is -0.312 e. The summed E-state index contributed by atoms with van der Waals surface area (Å²) in [5.74, 6) is 0. The number of pyridine rings is 1. The highest BCUT2D eigenvalue weighted by atomic mass is 16.6. The number of nitro groups is 1. The molecule has 0 aliphatic carbocycles. The molecule has 7 nitrogen and oxygen atoms in total. The van der Waals surface area contributed by atoms with Crippen LogP contribution in [0.4, 0.5) is 5.69 Å². The van der Waals surface area contributed by atoms with E-state index >= 15 is 0 Å². The van der Waals surface area contributed by atoms with Crippen LogP contribution >= 0.6 is 0 Å². The van der Waals surface area contributed by atoms with Crippen LogP contribution in [-0.4, -0.2) is 26.2 Å². The normalized spacial score (nSPS) is 13.5. The summed E-state index contributed by atoms with van der Waals surface area (Å²) >= 11 is 0. The highest BCUT2D eigenvalue weighted by Crippen LogP contribution is 2.31. The summed E-state index contributed by atoms with van der Waals surface area (Å²) in [5, 5.41) is 19.4. The molecule has 0 spiro atoms. The van der Waals surface area contributed by atoms with E-state index in [0.717, 1.165) is 53.3 Å². The third-order valence-corrected chi connectivity index (χ3v) is 4.52. The number of rotatable bonds is 3. The van der Waals surface area contributed by atoms with Crippen molar-refractivity contribution in [2.24, 2.45) is 0 Å². The topological polar surface area (TPSA) is 85.9 Å². The lowest BCUT2D eigenvalue weighted by Crippen LogP contribution is -2.24. The van der Waals surface area contributed by atoms with Crippen LogP contribution < -0.4 is 5.32 Å². The van der Waals surface area contributed by atoms with E-state index in [0.29, 0.717) is 0 Å². The summed E-state index contributed by atoms with van der Waals surface area (Å²) < 4.78 is 1.87. The molecule has 0 atom stereocenters. The molecule has 7 heteroatoms. The molecule has 0 fully saturated rings. The van der Waals surface area contributed by atoms with Gasteiger partial charge >= 0.3 is 0 Å². The van der Waals surface area contributed by atoms with Gasteiger partial charge in [0, 0.05) is 55.2 Å². The zero-order chi connectivity index (χ0) is 17.4. The van der Waals surface area contributed by atoms with Gasteiger partial charge in [0.1, 0.15) is 0 Å². The number of fused-ring (bicyclic) bond motifs is 1. The van der Waals surface area contributed by atoms with Crippen molar-refractivity contribution in [3.05, 3.63) is 69.7 Å². The highest BCUT2D eigenvalue weighted by molar-refractivity contribution is 5.65. The Balaban J connectivity index is 1.93. The van der Waals surface area contributed by atoms with E-state index in [2.05, 4.69) is 10.3 Å². The average Bonchev–Trinajstić information content (AvgIpc) is 3.02. The van der Waals surface area contributed by atoms with Gasteiger partial charge in [-0.25, -0.2) is 4.68 Å². The van der Waals surface area contributed by atoms with Crippen LogP contribution in [0, 0.1) is 17.0 Å². The van der Waals surface area contributed by atoms with E-state index in [9.17, 15) is 10.1 Å². The first-order valence-corrected chi connectivity index (χ1v) is 8.12. The highest BCUT2D eigenvalue weighted by Gasteiger charge is 2.23. The van der Waals surface area contributed by atoms with Gasteiger partial charge in [-0.1, -0.05) is 6.07 Å². The summed E-state index contributed by atoms with van der Waals surface area (Å²) in [6, 6.07) is 8.76. The molecule has 25 heavy (non-hydrogen) atoms. The lowest BCUT2D eigenvalue weighted by Gasteiger charge is -2.16. The number of hydrogen-bond donors (Lipinski definition) is 1. The minimum atomic E-state index is -0.371. The van der Waals surface area contributed by atoms with Crippen LogP contribution in [0.25, 0.3) is 16.9 Å². The van der Waals surface area contributed by atoms with E-state index in [1.54, 1.807) is 24.5 Å². The molecular formula is C18H17N5O2. The van der Waals surface area contributed by atoms with Crippen LogP contribution in [0.3, 0.4) is 0 Å². The predicted molar refractivity (Wildman–Crippen MR) is 93.6 cm³/mol. The fraction of sp³-hybridized carbons (Fsp3) is 0.222. The lowest BCUT2D eigenvalue weighted by atomic mass is 10.0. The largest absolute Gasteiger partial charge is 0.312 e. The molecule has 0 saturated carbocycles. The standard InChI is InChI=1S/C18H17N5O2/c1-12-2-3-14(23(24)25)10-17(12)22-16-6-9-20-11-15(16)18(21-22)13-4-7-19-8-5-13/h2-5,7-8,10,20H,6,9,11H2,1H3. The Kier molecular flexibility index (Phi) is 3.77. The molecule has 0 amide bonds. The Bertz CT molecular complexity index is 950. The van der Waals surface area contributed by atoms with Gasteiger partial charge in [0.15, 0.2) is 0 Å². The average molecular weight is 335 g/mol. The molecule has 1 aromatic carbocycles. The van der Waals surface area contributed by atoms with Crippen LogP contribution in [-0.2, 0) is 13.0 Å². The molecule has 2 aromatic heterocycles. The van der Waals surface area contributed by atoms with Gasteiger partial charge in [0.2, 0.25) is 0 Å². The van der Waals surface area contributed by atoms with Crippen molar-refractivity contribution < 1.29 is 4.92 Å². The van der Waals surface area contributed by atoms with Crippen molar-refractivity contribution in [3.8, 4) is 16.9 Å². The second kappa shape index (κ2) is 6.10. The first kappa shape index (κ1) is 15.5. The van der Waals surface area contributed by atoms with Crippen molar-refractivity contribution in [2.75, 3.05) is 6.54 Å². The molecule has 3 heterocycles. The second-order valence-corrected chi connectivity index (χ2v) is 6.08. The number of nitrogens with one attached hydrogen (secondary N) is 1. The molecule has 1 aliphatic heterocycles. The van der Waals surface area contributed by atoms with Crippen molar-refractivity contribution in [1.29, 1.82) is 0 Å². The Labute approximate surface area is 144 Å². The third-order valence-electron chi connectivity index (χ3n) is 4.52. The number of aromatic nitrogens is 3. The molecular weight excluding hydrogens is 318 g/mol. The fourth-order valence-corrected chi connectivity index (χ4v) is 3.23. The van der Waals surface area contributed by atoms with Crippen molar-refractivity contribution in [2.45, 2.75) is 19.9 Å². The van der Waals surface area contributed by atoms with Crippen molar-refractivity contribution >= 4 is 5.69 Å². The van der Waals surface area contributed by atoms with Gasteiger partial charge in [-0.05, 0) is 24.6 Å². The molecule has 1 N–H and O–H groups in total. The van der Waals surface area contributed by atoms with Gasteiger partial charge in [0.05, 0.1) is 22.0 Å². The summed E-state index contributed by atoms with van der Waals surface area (Å²) in [6.45, 7) is 3.55. The number of non-ortho nitro benzene ring substituents is 1. The number of nitro benzene ring substituents is 1. The Morgan fingerprint density at radius 3 is 2.80 bits per heavy atom. The molecule has 3 aromatic rings. The van der Waals surface area contributed by atoms with Gasteiger partial charge in [-0.15, -0.1) is 0 Å². The van der Waals surface area contributed by atoms with Crippen LogP contribution in [0.1, 0.15) is 16.8 Å². The van der Waals surface area contributed by atoms with Crippen molar-refractivity contribution in [1.82, 2.24) is 20.1 Å². The zero-order valence-corrected chi connectivity index (χ0v) is 13.8. The number of aryl methyl sites for hydroxylation is 1. The smallest absolute Gasteiger partial charge is 0.271 e. The lowest BCUT2D eigenvalue weighted by molar-refractivity contribution is -0.384. The molecule has 0 unspecified atom stereocenters. The number of hydrogen-bond acceptors (Lipinski definition) is 5. The molecule has 0 saturated heterocycles. The first-order valence-electron chi connectivity index (χ1n) is 8.12. The summed E-state index contributed by atoms with van der Waals surface area (Å²) in [5.41, 5.74) is 5.93. The van der Waals surface area contributed by atoms with E-state index in [1.807, 2.05) is 23.7 Å². The predicted octanol–water partition coefficient (Wildman–Crippen LogP) is 2.80. The zero-order valence-electron chi connectivity index (χ0n) is 13.8. The summed E-state index contributed by atoms with van der Waals surface area (Å²) in [6.07, 6.45) is 4.32. The Morgan fingerprint density at radius 1 is 1.24 bits per heavy atom. The maximum absolute atomic E-state index is 11.2. The molecule has 4 rings (SSSR count). The second-order valence-electron chi connectivity index (χ2n) is 6.08. The van der Waals surface area contributed by atoms with Gasteiger partial charge in [-0.2, -0.15) is 5.10 Å². The molecule has 126 valence electrons. The third kappa shape index (κ3) is 2.68. The minimum absolute atomic E-state index is 0.0734. The van der Waals surface area contributed by atoms with E-state index in [4.69, 9.17) is 5.10 Å². The quantitative estimate of drug-likeness (QED) is 0.587. The van der Waals surface area contributed by atoms with E-state index in [1.165, 1.54) is 6.07 Å². The SMILES string of the molecule is Cc1ccc([N+](=O)[O-])cc1-n1nc(-c2ccncc2)c2c1CCNC2. The maximum Gasteiger partial charge on any atom is 0.271 e. The van der Waals surface area contributed by atoms with Crippen LogP contribution in [0.5, 0.6) is 0 Å². The molecule has 0 bridgehead atoms. The molecule has 1 aliphatic rings. The van der Waals surface area contributed by atoms with Crippen LogP contribution in [0.2, 0.25) is 0 Å². The van der Waals surface area contributed by atoms with Crippen molar-refractivity contribution in [3.63, 3.8) is 0 Å². The first-order chi connectivity index (χ1) is 12.1. The van der Waals surface area contributed by atoms with Gasteiger partial charge in [0.25, 0.3) is 5.69 Å². The summed E-state index contributed by atoms with van der Waals surface area (Å²) in [4.78, 5) is 14.9. The van der Waals surface area contributed by atoms with Gasteiger partial charge in [-0.3, -0.25) is 15.1 Å². The molecule has 0 radical (unpaired) electrons. The van der Waals surface area contributed by atoms with E-state index < -0.39 is 0 Å². The Morgan fingerprint density at radius 2 is 2.04 bits per heavy atom.